The molecule has 1 heterocycles. The first-order valence-corrected chi connectivity index (χ1v) is 2.55. The first-order chi connectivity index (χ1) is 2.89. The zero-order valence-electron chi connectivity index (χ0n) is 3.81. The second-order valence-electron chi connectivity index (χ2n) is 1.02. The van der Waals surface area contributed by atoms with Crippen LogP contribution in [0, 0.1) is 13.1 Å². The van der Waals surface area contributed by atoms with Gasteiger partial charge in [-0.3, -0.25) is 0 Å². The van der Waals surface area contributed by atoms with Crippen LogP contribution in [0.3, 0.4) is 0 Å². The monoisotopic (exact) mass is 285 g/mol. The fourth-order valence-corrected chi connectivity index (χ4v) is 0.618. The van der Waals surface area contributed by atoms with Gasteiger partial charge in [0.15, 0.2) is 0 Å². The molecule has 7 heavy (non-hydrogen) atoms. The molecule has 1 aromatic rings. The Kier molecular flexibility index (Phi) is 3.45. The molecule has 39 valence electrons. The maximum Gasteiger partial charge on any atom is 0 e. The van der Waals surface area contributed by atoms with E-state index in [-0.39, 0.29) is 20.4 Å². The third kappa shape index (κ3) is 2.18. The van der Waals surface area contributed by atoms with Crippen LogP contribution in [0.15, 0.2) is 5.51 Å². The molecule has 1 radical (unpaired) electrons. The molecule has 0 bridgehead atoms. The summed E-state index contributed by atoms with van der Waals surface area (Å²) in [5.74, 6) is 0. The molecule has 0 saturated heterocycles. The van der Waals surface area contributed by atoms with Crippen LogP contribution in [-0.2, 0) is 20.4 Å². The fourth-order valence-electron chi connectivity index (χ4n) is 0.249. The number of aryl methyl sites for hydroxylation is 1. The molecule has 0 unspecified atom stereocenters. The maximum atomic E-state index is 3.72. The molecule has 0 aliphatic rings. The van der Waals surface area contributed by atoms with Crippen molar-refractivity contribution in [2.75, 3.05) is 0 Å². The zero-order valence-corrected chi connectivity index (χ0v) is 7.34. The van der Waals surface area contributed by atoms with Crippen LogP contribution in [0.1, 0.15) is 4.88 Å². The molecule has 0 fully saturated rings. The molecule has 1 nitrogen and oxygen atoms in total. The summed E-state index contributed by atoms with van der Waals surface area (Å²) >= 11 is 1.61. The first-order valence-electron chi connectivity index (χ1n) is 1.67. The van der Waals surface area contributed by atoms with Crippen molar-refractivity contribution in [1.82, 2.24) is 4.98 Å². The molecule has 1 aromatic heterocycles. The van der Waals surface area contributed by atoms with Crippen molar-refractivity contribution >= 4 is 11.3 Å². The van der Waals surface area contributed by atoms with Crippen LogP contribution >= 0.6 is 11.3 Å². The van der Waals surface area contributed by atoms with Crippen LogP contribution in [-0.4, -0.2) is 4.98 Å². The second kappa shape index (κ2) is 3.31. The molecule has 0 aliphatic heterocycles. The van der Waals surface area contributed by atoms with Crippen LogP contribution in [0.2, 0.25) is 0 Å². The van der Waals surface area contributed by atoms with Gasteiger partial charge in [0.2, 0.25) is 0 Å². The Labute approximate surface area is 60.4 Å². The Morgan fingerprint density at radius 1 is 1.86 bits per heavy atom. The van der Waals surface area contributed by atoms with Crippen molar-refractivity contribution in [2.24, 2.45) is 0 Å². The summed E-state index contributed by atoms with van der Waals surface area (Å²) in [6.45, 7) is 1.98. The van der Waals surface area contributed by atoms with Crippen molar-refractivity contribution in [1.29, 1.82) is 0 Å². The van der Waals surface area contributed by atoms with Gasteiger partial charge >= 0.3 is 0 Å². The van der Waals surface area contributed by atoms with Crippen molar-refractivity contribution in [3.05, 3.63) is 16.6 Å². The van der Waals surface area contributed by atoms with E-state index in [0.717, 1.165) is 4.88 Å². The zero-order chi connectivity index (χ0) is 4.41. The minimum Gasteiger partial charge on any atom is -0.448 e. The van der Waals surface area contributed by atoms with E-state index in [2.05, 4.69) is 11.2 Å². The molecule has 0 amide bonds. The quantitative estimate of drug-likeness (QED) is 0.654. The standard InChI is InChI=1S/C4H4NS.Re/c1-4-2-5-3-6-4;/h3H,1H3;/q-1;. The Morgan fingerprint density at radius 2 is 2.57 bits per heavy atom. The third-order valence-corrected chi connectivity index (χ3v) is 1.16. The van der Waals surface area contributed by atoms with Gasteiger partial charge in [-0.1, -0.05) is 10.4 Å². The Hall–Kier alpha value is 0.292. The molecule has 0 saturated carbocycles. The fraction of sp³-hybridized carbons (Fsp3) is 0.250. The minimum absolute atomic E-state index is 0. The van der Waals surface area contributed by atoms with Crippen molar-refractivity contribution < 1.29 is 20.4 Å². The summed E-state index contributed by atoms with van der Waals surface area (Å²) in [7, 11) is 0. The van der Waals surface area contributed by atoms with Crippen LogP contribution in [0.5, 0.6) is 0 Å². The van der Waals surface area contributed by atoms with Gasteiger partial charge in [-0.15, -0.1) is 6.20 Å². The van der Waals surface area contributed by atoms with Gasteiger partial charge in [-0.25, -0.2) is 11.3 Å². The number of aromatic nitrogens is 1. The van der Waals surface area contributed by atoms with Gasteiger partial charge in [-0.2, -0.15) is 0 Å². The van der Waals surface area contributed by atoms with E-state index in [1.54, 1.807) is 16.8 Å². The summed E-state index contributed by atoms with van der Waals surface area (Å²) < 4.78 is 0. The molecule has 1 rings (SSSR count). The predicted octanol–water partition coefficient (Wildman–Crippen LogP) is 1.25. The van der Waals surface area contributed by atoms with Crippen molar-refractivity contribution in [2.45, 2.75) is 6.92 Å². The van der Waals surface area contributed by atoms with E-state index in [0.29, 0.717) is 0 Å². The Bertz CT molecular complexity index is 115. The summed E-state index contributed by atoms with van der Waals surface area (Å²) in [4.78, 5) is 4.86. The van der Waals surface area contributed by atoms with Gasteiger partial charge in [0.25, 0.3) is 0 Å². The largest absolute Gasteiger partial charge is 0.448 e. The van der Waals surface area contributed by atoms with E-state index in [1.165, 1.54) is 0 Å². The average Bonchev–Trinajstić information content (AvgIpc) is 1.86. The van der Waals surface area contributed by atoms with Gasteiger partial charge in [0.05, 0.1) is 0 Å². The van der Waals surface area contributed by atoms with Crippen LogP contribution in [0.25, 0.3) is 0 Å². The van der Waals surface area contributed by atoms with E-state index in [9.17, 15) is 0 Å². The molecule has 0 aromatic carbocycles. The Balaban J connectivity index is 0.000000360. The van der Waals surface area contributed by atoms with E-state index < -0.39 is 0 Å². The number of rotatable bonds is 0. The van der Waals surface area contributed by atoms with Gasteiger partial charge in [0.1, 0.15) is 0 Å². The van der Waals surface area contributed by atoms with E-state index in [4.69, 9.17) is 0 Å². The number of hydrogen-bond acceptors (Lipinski definition) is 2. The molecule has 0 aliphatic carbocycles. The second-order valence-corrected chi connectivity index (χ2v) is 2.08. The summed E-state index contributed by atoms with van der Waals surface area (Å²) in [5, 5.41) is 0. The Morgan fingerprint density at radius 3 is 2.71 bits per heavy atom. The average molecular weight is 284 g/mol. The topological polar surface area (TPSA) is 12.9 Å². The maximum absolute atomic E-state index is 3.72. The predicted molar refractivity (Wildman–Crippen MR) is 25.7 cm³/mol. The molecular formula is C4H4NReS-. The molecule has 0 N–H and O–H groups in total. The van der Waals surface area contributed by atoms with Crippen LogP contribution < -0.4 is 0 Å². The van der Waals surface area contributed by atoms with E-state index >= 15 is 0 Å². The first kappa shape index (κ1) is 7.29. The van der Waals surface area contributed by atoms with E-state index in [1.807, 2.05) is 6.92 Å². The summed E-state index contributed by atoms with van der Waals surface area (Å²) in [5.41, 5.74) is 1.77. The molecule has 3 heteroatoms. The normalized spacial score (nSPS) is 7.57. The van der Waals surface area contributed by atoms with Crippen LogP contribution in [0.4, 0.5) is 0 Å². The van der Waals surface area contributed by atoms with Crippen molar-refractivity contribution in [3.8, 4) is 0 Å². The number of nitrogens with zero attached hydrogens (tertiary/aromatic N) is 1. The summed E-state index contributed by atoms with van der Waals surface area (Å²) in [6.07, 6.45) is 2.77. The third-order valence-electron chi connectivity index (χ3n) is 0.504. The minimum atomic E-state index is 0. The molecule has 0 atom stereocenters. The molecular weight excluding hydrogens is 280 g/mol. The molecule has 0 spiro atoms. The van der Waals surface area contributed by atoms with Gasteiger partial charge in [0, 0.05) is 20.4 Å². The summed E-state index contributed by atoms with van der Waals surface area (Å²) in [6, 6.07) is 0. The van der Waals surface area contributed by atoms with Crippen molar-refractivity contribution in [3.63, 3.8) is 0 Å². The van der Waals surface area contributed by atoms with Gasteiger partial charge < -0.3 is 4.98 Å². The number of thiazole rings is 1. The number of hydrogen-bond donors (Lipinski definition) is 0. The van der Waals surface area contributed by atoms with Gasteiger partial charge in [-0.05, 0) is 6.92 Å². The smallest absolute Gasteiger partial charge is 0 e. The SMILES string of the molecule is Cc1[c-]ncs1.[Re].